The van der Waals surface area contributed by atoms with Crippen molar-refractivity contribution in [2.45, 2.75) is 26.4 Å². The third kappa shape index (κ3) is 5.80. The van der Waals surface area contributed by atoms with Crippen molar-refractivity contribution >= 4 is 23.4 Å². The molecule has 1 aliphatic heterocycles. The molecule has 8 nitrogen and oxygen atoms in total. The van der Waals surface area contributed by atoms with Gasteiger partial charge in [-0.3, -0.25) is 10.1 Å². The summed E-state index contributed by atoms with van der Waals surface area (Å²) >= 11 is 0. The maximum atomic E-state index is 12.6. The Labute approximate surface area is 227 Å². The predicted octanol–water partition coefficient (Wildman–Crippen LogP) is 6.63. The lowest BCUT2D eigenvalue weighted by Crippen LogP contribution is -2.23. The van der Waals surface area contributed by atoms with Crippen LogP contribution < -0.4 is 10.2 Å². The minimum atomic E-state index is -0.577. The van der Waals surface area contributed by atoms with Crippen molar-refractivity contribution in [1.82, 2.24) is 5.16 Å². The minimum absolute atomic E-state index is 0.0737. The Balaban J connectivity index is 1.25. The number of nitrogens with one attached hydrogen (secondary N) is 1. The van der Waals surface area contributed by atoms with Crippen molar-refractivity contribution in [3.63, 3.8) is 0 Å². The molecule has 0 radical (unpaired) electrons. The lowest BCUT2D eigenvalue weighted by molar-refractivity contribution is -0.144. The van der Waals surface area contributed by atoms with Gasteiger partial charge >= 0.3 is 12.1 Å². The van der Waals surface area contributed by atoms with Crippen molar-refractivity contribution in [2.75, 3.05) is 30.4 Å². The molecule has 1 fully saturated rings. The molecule has 5 rings (SSSR count). The van der Waals surface area contributed by atoms with Gasteiger partial charge in [0.25, 0.3) is 0 Å². The molecule has 0 bridgehead atoms. The van der Waals surface area contributed by atoms with Gasteiger partial charge in [0.1, 0.15) is 17.5 Å². The highest BCUT2D eigenvalue weighted by atomic mass is 16.6. The van der Waals surface area contributed by atoms with Crippen LogP contribution in [0.5, 0.6) is 0 Å². The van der Waals surface area contributed by atoms with Gasteiger partial charge in [0.2, 0.25) is 0 Å². The highest BCUT2D eigenvalue weighted by Gasteiger charge is 2.29. The van der Waals surface area contributed by atoms with E-state index in [9.17, 15) is 9.59 Å². The Bertz CT molecular complexity index is 1430. The monoisotopic (exact) mass is 525 g/mol. The molecule has 200 valence electrons. The highest BCUT2D eigenvalue weighted by molar-refractivity contribution is 5.91. The van der Waals surface area contributed by atoms with Gasteiger partial charge in [0, 0.05) is 24.3 Å². The fourth-order valence-corrected chi connectivity index (χ4v) is 4.83. The standard InChI is InChI=1S/C31H31N3O5/c1-20-28(32-31(36)38-21(2)22-7-5-4-6-8-22)29(39-33-20)25-11-9-23(10-12-25)24-13-15-27(16-14-24)34-18-17-26(19-34)30(35)37-3/h4-16,21,26H,17-19H2,1-3H3,(H,32,36). The molecular formula is C31H31N3O5. The number of carbonyl (C=O) groups is 2. The van der Waals surface area contributed by atoms with E-state index < -0.39 is 12.2 Å². The number of carbonyl (C=O) groups excluding carboxylic acids is 2. The molecule has 1 aromatic heterocycles. The van der Waals surface area contributed by atoms with Crippen LogP contribution in [0.3, 0.4) is 0 Å². The van der Waals surface area contributed by atoms with E-state index in [1.54, 1.807) is 6.92 Å². The number of ether oxygens (including phenoxy) is 2. The summed E-state index contributed by atoms with van der Waals surface area (Å²) in [7, 11) is 1.44. The van der Waals surface area contributed by atoms with E-state index in [0.29, 0.717) is 23.7 Å². The van der Waals surface area contributed by atoms with E-state index in [0.717, 1.165) is 40.9 Å². The van der Waals surface area contributed by atoms with Gasteiger partial charge in [-0.25, -0.2) is 4.79 Å². The third-order valence-electron chi connectivity index (χ3n) is 7.08. The number of aromatic nitrogens is 1. The zero-order valence-electron chi connectivity index (χ0n) is 22.2. The quantitative estimate of drug-likeness (QED) is 0.271. The number of hydrogen-bond donors (Lipinski definition) is 1. The Kier molecular flexibility index (Phi) is 7.63. The second kappa shape index (κ2) is 11.4. The fraction of sp³-hybridized carbons (Fsp3) is 0.258. The first kappa shape index (κ1) is 26.0. The van der Waals surface area contributed by atoms with Crippen LogP contribution in [0.25, 0.3) is 22.5 Å². The highest BCUT2D eigenvalue weighted by Crippen LogP contribution is 2.34. The SMILES string of the molecule is COC(=O)C1CCN(c2ccc(-c3ccc(-c4onc(C)c4NC(=O)OC(C)c4ccccc4)cc3)cc2)C1. The van der Waals surface area contributed by atoms with Crippen molar-refractivity contribution in [3.05, 3.63) is 90.1 Å². The van der Waals surface area contributed by atoms with Crippen LogP contribution in [0.1, 0.15) is 30.7 Å². The Morgan fingerprint density at radius 1 is 0.974 bits per heavy atom. The summed E-state index contributed by atoms with van der Waals surface area (Å²) in [6.45, 7) is 5.10. The summed E-state index contributed by atoms with van der Waals surface area (Å²) in [6, 6.07) is 25.7. The summed E-state index contributed by atoms with van der Waals surface area (Å²) in [4.78, 5) is 26.7. The van der Waals surface area contributed by atoms with Crippen LogP contribution in [-0.4, -0.2) is 37.4 Å². The summed E-state index contributed by atoms with van der Waals surface area (Å²) < 4.78 is 16.0. The van der Waals surface area contributed by atoms with Gasteiger partial charge < -0.3 is 18.9 Å². The molecule has 4 aromatic rings. The Morgan fingerprint density at radius 2 is 1.62 bits per heavy atom. The smallest absolute Gasteiger partial charge is 0.412 e. The normalized spacial score (nSPS) is 15.6. The molecule has 0 saturated carbocycles. The average Bonchev–Trinajstić information content (AvgIpc) is 3.61. The number of aryl methyl sites for hydroxylation is 1. The van der Waals surface area contributed by atoms with Gasteiger partial charge in [-0.1, -0.05) is 71.9 Å². The van der Waals surface area contributed by atoms with Crippen LogP contribution >= 0.6 is 0 Å². The summed E-state index contributed by atoms with van der Waals surface area (Å²) in [5.74, 6) is 0.247. The number of rotatable bonds is 7. The number of nitrogens with zero attached hydrogens (tertiary/aromatic N) is 2. The van der Waals surface area contributed by atoms with Crippen LogP contribution in [0.15, 0.2) is 83.4 Å². The lowest BCUT2D eigenvalue weighted by atomic mass is 10.0. The number of benzene rings is 3. The first-order valence-corrected chi connectivity index (χ1v) is 13.0. The first-order chi connectivity index (χ1) is 18.9. The van der Waals surface area contributed by atoms with E-state index in [2.05, 4.69) is 39.6 Å². The van der Waals surface area contributed by atoms with Crippen LogP contribution in [0.2, 0.25) is 0 Å². The maximum Gasteiger partial charge on any atom is 0.412 e. The largest absolute Gasteiger partial charge is 0.469 e. The zero-order chi connectivity index (χ0) is 27.4. The van der Waals surface area contributed by atoms with Crippen LogP contribution in [-0.2, 0) is 14.3 Å². The van der Waals surface area contributed by atoms with Gasteiger partial charge in [-0.15, -0.1) is 0 Å². The van der Waals surface area contributed by atoms with E-state index >= 15 is 0 Å². The Hall–Kier alpha value is -4.59. The number of anilines is 2. The van der Waals surface area contributed by atoms with E-state index in [-0.39, 0.29) is 11.9 Å². The number of methoxy groups -OCH3 is 1. The fourth-order valence-electron chi connectivity index (χ4n) is 4.83. The third-order valence-corrected chi connectivity index (χ3v) is 7.08. The van der Waals surface area contributed by atoms with Gasteiger partial charge in [0.05, 0.1) is 13.0 Å². The second-order valence-electron chi connectivity index (χ2n) is 9.63. The van der Waals surface area contributed by atoms with E-state index in [1.807, 2.05) is 61.5 Å². The predicted molar refractivity (Wildman–Crippen MR) is 149 cm³/mol. The summed E-state index contributed by atoms with van der Waals surface area (Å²) in [5, 5.41) is 6.85. The maximum absolute atomic E-state index is 12.6. The molecule has 0 spiro atoms. The molecule has 3 aromatic carbocycles. The molecule has 1 N–H and O–H groups in total. The first-order valence-electron chi connectivity index (χ1n) is 13.0. The topological polar surface area (TPSA) is 93.9 Å². The molecular weight excluding hydrogens is 494 g/mol. The number of esters is 1. The molecule has 2 heterocycles. The van der Waals surface area contributed by atoms with E-state index in [1.165, 1.54) is 7.11 Å². The van der Waals surface area contributed by atoms with Crippen molar-refractivity contribution in [3.8, 4) is 22.5 Å². The molecule has 1 saturated heterocycles. The van der Waals surface area contributed by atoms with Gasteiger partial charge in [-0.05, 0) is 49.1 Å². The van der Waals surface area contributed by atoms with Crippen LogP contribution in [0.4, 0.5) is 16.2 Å². The number of hydrogen-bond acceptors (Lipinski definition) is 7. The zero-order valence-corrected chi connectivity index (χ0v) is 22.2. The van der Waals surface area contributed by atoms with Crippen LogP contribution in [0, 0.1) is 12.8 Å². The van der Waals surface area contributed by atoms with Crippen molar-refractivity contribution < 1.29 is 23.6 Å². The lowest BCUT2D eigenvalue weighted by Gasteiger charge is -2.18. The van der Waals surface area contributed by atoms with Gasteiger partial charge in [-0.2, -0.15) is 0 Å². The average molecular weight is 526 g/mol. The van der Waals surface area contributed by atoms with Crippen molar-refractivity contribution in [2.24, 2.45) is 5.92 Å². The summed E-state index contributed by atoms with van der Waals surface area (Å²) in [6.07, 6.45) is -0.177. The molecule has 2 atom stereocenters. The molecule has 39 heavy (non-hydrogen) atoms. The Morgan fingerprint density at radius 3 is 2.28 bits per heavy atom. The molecule has 1 aliphatic rings. The molecule has 1 amide bonds. The number of amides is 1. The molecule has 0 aliphatic carbocycles. The molecule has 8 heteroatoms. The van der Waals surface area contributed by atoms with Gasteiger partial charge in [0.15, 0.2) is 5.76 Å². The summed E-state index contributed by atoms with van der Waals surface area (Å²) in [5.41, 5.74) is 5.93. The molecule has 2 unspecified atom stereocenters. The van der Waals surface area contributed by atoms with Crippen molar-refractivity contribution in [1.29, 1.82) is 0 Å². The minimum Gasteiger partial charge on any atom is -0.469 e. The second-order valence-corrected chi connectivity index (χ2v) is 9.63. The van der Waals surface area contributed by atoms with E-state index in [4.69, 9.17) is 14.0 Å².